The first-order chi connectivity index (χ1) is 13.3. The Hall–Kier alpha value is -3.16. The van der Waals surface area contributed by atoms with E-state index in [1.165, 1.54) is 11.3 Å². The predicted molar refractivity (Wildman–Crippen MR) is 105 cm³/mol. The summed E-state index contributed by atoms with van der Waals surface area (Å²) < 4.78 is 5.50. The molecular weight excluding hydrogens is 360 g/mol. The van der Waals surface area contributed by atoms with Crippen LogP contribution in [0.5, 0.6) is 0 Å². The second-order valence-electron chi connectivity index (χ2n) is 5.78. The average molecular weight is 376 g/mol. The summed E-state index contributed by atoms with van der Waals surface area (Å²) >= 11 is 1.49. The number of rotatable bonds is 6. The van der Waals surface area contributed by atoms with Gasteiger partial charge in [-0.05, 0) is 29.1 Å². The lowest BCUT2D eigenvalue weighted by Gasteiger charge is -2.08. The van der Waals surface area contributed by atoms with E-state index in [4.69, 9.17) is 4.74 Å². The SMILES string of the molecule is O=C(COCc1ccccc1)Nc1nc(-c2ccccn2)nc2sccc12. The van der Waals surface area contributed by atoms with Gasteiger partial charge in [-0.15, -0.1) is 11.3 Å². The van der Waals surface area contributed by atoms with Gasteiger partial charge < -0.3 is 10.1 Å². The molecule has 6 nitrogen and oxygen atoms in total. The maximum Gasteiger partial charge on any atom is 0.251 e. The molecule has 0 saturated carbocycles. The number of fused-ring (bicyclic) bond motifs is 1. The fraction of sp³-hybridized carbons (Fsp3) is 0.100. The number of nitrogens with one attached hydrogen (secondary N) is 1. The van der Waals surface area contributed by atoms with Crippen LogP contribution in [0.3, 0.4) is 0 Å². The summed E-state index contributed by atoms with van der Waals surface area (Å²) in [5.74, 6) is 0.686. The number of benzene rings is 1. The highest BCUT2D eigenvalue weighted by molar-refractivity contribution is 7.16. The van der Waals surface area contributed by atoms with Crippen molar-refractivity contribution in [3.05, 3.63) is 71.7 Å². The Balaban J connectivity index is 1.49. The van der Waals surface area contributed by atoms with Crippen LogP contribution in [0.15, 0.2) is 66.2 Å². The van der Waals surface area contributed by atoms with E-state index >= 15 is 0 Å². The Morgan fingerprint density at radius 3 is 2.70 bits per heavy atom. The minimum Gasteiger partial charge on any atom is -0.367 e. The van der Waals surface area contributed by atoms with Crippen molar-refractivity contribution in [2.24, 2.45) is 0 Å². The monoisotopic (exact) mass is 376 g/mol. The van der Waals surface area contributed by atoms with Crippen molar-refractivity contribution >= 4 is 33.3 Å². The van der Waals surface area contributed by atoms with E-state index in [9.17, 15) is 4.79 Å². The Morgan fingerprint density at radius 1 is 1.04 bits per heavy atom. The van der Waals surface area contributed by atoms with Crippen molar-refractivity contribution in [1.82, 2.24) is 15.0 Å². The lowest BCUT2D eigenvalue weighted by atomic mass is 10.2. The maximum absolute atomic E-state index is 12.3. The van der Waals surface area contributed by atoms with Crippen LogP contribution < -0.4 is 5.32 Å². The molecule has 0 spiro atoms. The summed E-state index contributed by atoms with van der Waals surface area (Å²) in [7, 11) is 0. The highest BCUT2D eigenvalue weighted by Gasteiger charge is 2.13. The van der Waals surface area contributed by atoms with Gasteiger partial charge in [0.15, 0.2) is 5.82 Å². The number of hydrogen-bond donors (Lipinski definition) is 1. The van der Waals surface area contributed by atoms with Gasteiger partial charge in [0.2, 0.25) is 0 Å². The second-order valence-corrected chi connectivity index (χ2v) is 6.67. The van der Waals surface area contributed by atoms with Gasteiger partial charge in [-0.3, -0.25) is 9.78 Å². The molecule has 27 heavy (non-hydrogen) atoms. The van der Waals surface area contributed by atoms with Crippen molar-refractivity contribution < 1.29 is 9.53 Å². The van der Waals surface area contributed by atoms with Gasteiger partial charge in [0.05, 0.1) is 12.0 Å². The molecule has 0 aliphatic rings. The molecule has 3 aromatic heterocycles. The van der Waals surface area contributed by atoms with E-state index in [-0.39, 0.29) is 12.5 Å². The summed E-state index contributed by atoms with van der Waals surface area (Å²) in [4.78, 5) is 26.4. The zero-order chi connectivity index (χ0) is 18.5. The highest BCUT2D eigenvalue weighted by Crippen LogP contribution is 2.27. The normalized spacial score (nSPS) is 10.8. The van der Waals surface area contributed by atoms with Gasteiger partial charge in [0.1, 0.15) is 22.9 Å². The zero-order valence-corrected chi connectivity index (χ0v) is 15.1. The number of pyridine rings is 1. The quantitative estimate of drug-likeness (QED) is 0.552. The Morgan fingerprint density at radius 2 is 1.89 bits per heavy atom. The first kappa shape index (κ1) is 17.3. The highest BCUT2D eigenvalue weighted by atomic mass is 32.1. The molecule has 4 aromatic rings. The van der Waals surface area contributed by atoms with Gasteiger partial charge in [0, 0.05) is 6.20 Å². The van der Waals surface area contributed by atoms with E-state index in [0.717, 1.165) is 15.8 Å². The molecule has 1 aromatic carbocycles. The van der Waals surface area contributed by atoms with Crippen LogP contribution in [0.25, 0.3) is 21.7 Å². The number of hydrogen-bond acceptors (Lipinski definition) is 6. The molecule has 0 aliphatic carbocycles. The Kier molecular flexibility index (Phi) is 5.13. The molecule has 0 saturated heterocycles. The number of amides is 1. The molecule has 134 valence electrons. The number of carbonyl (C=O) groups excluding carboxylic acids is 1. The fourth-order valence-electron chi connectivity index (χ4n) is 2.56. The van der Waals surface area contributed by atoms with Gasteiger partial charge >= 0.3 is 0 Å². The molecule has 0 unspecified atom stereocenters. The summed E-state index contributed by atoms with van der Waals surface area (Å²) in [6.45, 7) is 0.328. The molecule has 0 atom stereocenters. The average Bonchev–Trinajstić information content (AvgIpc) is 3.18. The minimum absolute atomic E-state index is 0.0521. The number of nitrogens with zero attached hydrogens (tertiary/aromatic N) is 3. The van der Waals surface area contributed by atoms with E-state index in [1.807, 2.05) is 60.0 Å². The van der Waals surface area contributed by atoms with E-state index in [2.05, 4.69) is 20.3 Å². The lowest BCUT2D eigenvalue weighted by Crippen LogP contribution is -2.19. The molecule has 3 heterocycles. The molecule has 0 radical (unpaired) electrons. The fourth-order valence-corrected chi connectivity index (χ4v) is 3.33. The van der Waals surface area contributed by atoms with Crippen LogP contribution in [0, 0.1) is 0 Å². The molecule has 7 heteroatoms. The third kappa shape index (κ3) is 4.16. The maximum atomic E-state index is 12.3. The van der Waals surface area contributed by atoms with Crippen molar-refractivity contribution in [2.75, 3.05) is 11.9 Å². The molecule has 1 N–H and O–H groups in total. The number of ether oxygens (including phenoxy) is 1. The number of aromatic nitrogens is 3. The van der Waals surface area contributed by atoms with E-state index in [1.54, 1.807) is 6.20 Å². The standard InChI is InChI=1S/C20H16N4O2S/c25-17(13-26-12-14-6-2-1-3-7-14)22-18-15-9-11-27-20(15)24-19(23-18)16-8-4-5-10-21-16/h1-11H,12-13H2,(H,22,23,24,25). The third-order valence-electron chi connectivity index (χ3n) is 3.82. The van der Waals surface area contributed by atoms with Crippen LogP contribution in [-0.2, 0) is 16.1 Å². The zero-order valence-electron chi connectivity index (χ0n) is 14.3. The predicted octanol–water partition coefficient (Wildman–Crippen LogP) is 3.91. The molecule has 0 aliphatic heterocycles. The van der Waals surface area contributed by atoms with Gasteiger partial charge in [-0.1, -0.05) is 36.4 Å². The van der Waals surface area contributed by atoms with Crippen LogP contribution in [0.4, 0.5) is 5.82 Å². The van der Waals surface area contributed by atoms with Gasteiger partial charge in [-0.25, -0.2) is 9.97 Å². The van der Waals surface area contributed by atoms with Gasteiger partial charge in [-0.2, -0.15) is 0 Å². The van der Waals surface area contributed by atoms with Crippen LogP contribution >= 0.6 is 11.3 Å². The largest absolute Gasteiger partial charge is 0.367 e. The third-order valence-corrected chi connectivity index (χ3v) is 4.63. The summed E-state index contributed by atoms with van der Waals surface area (Å²) in [5, 5.41) is 5.55. The van der Waals surface area contributed by atoms with Crippen LogP contribution in [-0.4, -0.2) is 27.5 Å². The smallest absolute Gasteiger partial charge is 0.251 e. The molecule has 4 rings (SSSR count). The lowest BCUT2D eigenvalue weighted by molar-refractivity contribution is -0.121. The molecule has 1 amide bonds. The number of anilines is 1. The summed E-state index contributed by atoms with van der Waals surface area (Å²) in [6.07, 6.45) is 1.69. The Bertz CT molecular complexity index is 1050. The number of carbonyl (C=O) groups is 1. The summed E-state index contributed by atoms with van der Waals surface area (Å²) in [5.41, 5.74) is 1.67. The Labute approximate surface area is 159 Å². The van der Waals surface area contributed by atoms with Crippen molar-refractivity contribution in [1.29, 1.82) is 0 Å². The topological polar surface area (TPSA) is 77.0 Å². The van der Waals surface area contributed by atoms with Crippen molar-refractivity contribution in [2.45, 2.75) is 6.61 Å². The first-order valence-corrected chi connectivity index (χ1v) is 9.26. The second kappa shape index (κ2) is 8.03. The van der Waals surface area contributed by atoms with E-state index < -0.39 is 0 Å². The van der Waals surface area contributed by atoms with Crippen LogP contribution in [0.2, 0.25) is 0 Å². The van der Waals surface area contributed by atoms with Gasteiger partial charge in [0.25, 0.3) is 5.91 Å². The molecular formula is C20H16N4O2S. The first-order valence-electron chi connectivity index (χ1n) is 8.38. The van der Waals surface area contributed by atoms with Crippen molar-refractivity contribution in [3.8, 4) is 11.5 Å². The van der Waals surface area contributed by atoms with Crippen molar-refractivity contribution in [3.63, 3.8) is 0 Å². The summed E-state index contributed by atoms with van der Waals surface area (Å²) in [6, 6.07) is 17.2. The van der Waals surface area contributed by atoms with E-state index in [0.29, 0.717) is 23.9 Å². The molecule has 0 bridgehead atoms. The van der Waals surface area contributed by atoms with Crippen LogP contribution in [0.1, 0.15) is 5.56 Å². The minimum atomic E-state index is -0.260. The number of thiophene rings is 1. The molecule has 0 fully saturated rings.